The Kier molecular flexibility index (Phi) is 9.94. The summed E-state index contributed by atoms with van der Waals surface area (Å²) in [6.07, 6.45) is 10.2. The highest BCUT2D eigenvalue weighted by Gasteiger charge is 2.09. The molecule has 0 radical (unpaired) electrons. The predicted molar refractivity (Wildman–Crippen MR) is 97.3 cm³/mol. The number of amides is 1. The van der Waals surface area contributed by atoms with Gasteiger partial charge in [0.1, 0.15) is 0 Å². The van der Waals surface area contributed by atoms with E-state index in [9.17, 15) is 4.79 Å². The van der Waals surface area contributed by atoms with Crippen LogP contribution in [0.25, 0.3) is 0 Å². The molecule has 0 unspecified atom stereocenters. The van der Waals surface area contributed by atoms with Crippen molar-refractivity contribution in [3.63, 3.8) is 0 Å². The van der Waals surface area contributed by atoms with Crippen LogP contribution in [0, 0.1) is 0 Å². The lowest BCUT2D eigenvalue weighted by Gasteiger charge is -2.08. The van der Waals surface area contributed by atoms with E-state index in [1.165, 1.54) is 44.6 Å². The number of hydrogen-bond acceptors (Lipinski definition) is 1. The van der Waals surface area contributed by atoms with Crippen LogP contribution in [0.5, 0.6) is 0 Å². The zero-order valence-electron chi connectivity index (χ0n) is 13.1. The molecule has 0 aromatic heterocycles. The van der Waals surface area contributed by atoms with Gasteiger partial charge in [0.15, 0.2) is 0 Å². The molecule has 124 valence electrons. The van der Waals surface area contributed by atoms with Crippen LogP contribution in [-0.2, 0) is 4.79 Å². The number of rotatable bonds is 10. The van der Waals surface area contributed by atoms with Gasteiger partial charge < -0.3 is 5.32 Å². The number of nitrogens with one attached hydrogen (secondary N) is 1. The molecule has 1 rings (SSSR count). The summed E-state index contributed by atoms with van der Waals surface area (Å²) in [7, 11) is 0. The summed E-state index contributed by atoms with van der Waals surface area (Å²) in [6, 6.07) is 3.12. The third-order valence-electron chi connectivity index (χ3n) is 3.54. The predicted octanol–water partition coefficient (Wildman–Crippen LogP) is 7.12. The van der Waals surface area contributed by atoms with Gasteiger partial charge in [-0.15, -0.1) is 0 Å². The third kappa shape index (κ3) is 7.71. The molecule has 1 aromatic rings. The van der Waals surface area contributed by atoms with E-state index in [1.54, 1.807) is 6.07 Å². The molecule has 1 N–H and O–H groups in total. The Morgan fingerprint density at radius 2 is 1.41 bits per heavy atom. The van der Waals surface area contributed by atoms with Gasteiger partial charge in [-0.2, -0.15) is 0 Å². The van der Waals surface area contributed by atoms with Crippen molar-refractivity contribution in [2.75, 3.05) is 5.32 Å². The maximum atomic E-state index is 11.9. The van der Waals surface area contributed by atoms with Crippen molar-refractivity contribution in [1.82, 2.24) is 0 Å². The zero-order chi connectivity index (χ0) is 16.4. The molecular weight excluding hydrogens is 341 g/mol. The Bertz CT molecular complexity index is 477. The molecule has 0 fully saturated rings. The van der Waals surface area contributed by atoms with Crippen LogP contribution >= 0.6 is 34.8 Å². The van der Waals surface area contributed by atoms with Crippen molar-refractivity contribution in [1.29, 1.82) is 0 Å². The molecule has 0 aliphatic heterocycles. The lowest BCUT2D eigenvalue weighted by molar-refractivity contribution is -0.116. The second-order valence-corrected chi connectivity index (χ2v) is 6.74. The standard InChI is InChI=1S/C17H24Cl3NO/c1-2-3-4-5-6-7-8-9-10-17(22)21-16-12-14(19)13(18)11-15(16)20/h11-12H,2-10H2,1H3,(H,21,22). The summed E-state index contributed by atoms with van der Waals surface area (Å²) in [5.74, 6) is -0.0359. The van der Waals surface area contributed by atoms with Crippen LogP contribution in [-0.4, -0.2) is 5.91 Å². The molecule has 0 heterocycles. The van der Waals surface area contributed by atoms with E-state index in [0.29, 0.717) is 27.2 Å². The van der Waals surface area contributed by atoms with Crippen LogP contribution < -0.4 is 5.32 Å². The largest absolute Gasteiger partial charge is 0.325 e. The Hall–Kier alpha value is -0.440. The zero-order valence-corrected chi connectivity index (χ0v) is 15.3. The molecule has 0 aliphatic carbocycles. The minimum absolute atomic E-state index is 0.0359. The van der Waals surface area contributed by atoms with Crippen molar-refractivity contribution in [2.24, 2.45) is 0 Å². The topological polar surface area (TPSA) is 29.1 Å². The fraction of sp³-hybridized carbons (Fsp3) is 0.588. The normalized spacial score (nSPS) is 10.7. The van der Waals surface area contributed by atoms with E-state index >= 15 is 0 Å². The van der Waals surface area contributed by atoms with Crippen molar-refractivity contribution in [3.05, 3.63) is 27.2 Å². The molecule has 0 aliphatic rings. The number of carbonyl (C=O) groups excluding carboxylic acids is 1. The van der Waals surface area contributed by atoms with Crippen molar-refractivity contribution < 1.29 is 4.79 Å². The average Bonchev–Trinajstić information content (AvgIpc) is 2.47. The first-order valence-electron chi connectivity index (χ1n) is 7.99. The van der Waals surface area contributed by atoms with Crippen molar-refractivity contribution in [3.8, 4) is 0 Å². The lowest BCUT2D eigenvalue weighted by Crippen LogP contribution is -2.11. The van der Waals surface area contributed by atoms with Crippen molar-refractivity contribution in [2.45, 2.75) is 64.7 Å². The van der Waals surface area contributed by atoms with Crippen LogP contribution in [0.1, 0.15) is 64.7 Å². The SMILES string of the molecule is CCCCCCCCCCC(=O)Nc1cc(Cl)c(Cl)cc1Cl. The minimum Gasteiger partial charge on any atom is -0.325 e. The van der Waals surface area contributed by atoms with Crippen LogP contribution in [0.2, 0.25) is 15.1 Å². The number of anilines is 1. The highest BCUT2D eigenvalue weighted by molar-refractivity contribution is 6.44. The quantitative estimate of drug-likeness (QED) is 0.347. The van der Waals surface area contributed by atoms with Gasteiger partial charge in [0.25, 0.3) is 0 Å². The van der Waals surface area contributed by atoms with Gasteiger partial charge in [0, 0.05) is 6.42 Å². The van der Waals surface area contributed by atoms with Gasteiger partial charge >= 0.3 is 0 Å². The van der Waals surface area contributed by atoms with Gasteiger partial charge in [0.05, 0.1) is 20.8 Å². The average molecular weight is 365 g/mol. The summed E-state index contributed by atoms with van der Waals surface area (Å²) in [4.78, 5) is 11.9. The Balaban J connectivity index is 2.20. The first kappa shape index (κ1) is 19.6. The van der Waals surface area contributed by atoms with Gasteiger partial charge in [-0.1, -0.05) is 86.7 Å². The summed E-state index contributed by atoms with van der Waals surface area (Å²) in [6.45, 7) is 2.22. The molecule has 22 heavy (non-hydrogen) atoms. The summed E-state index contributed by atoms with van der Waals surface area (Å²) in [5, 5.41) is 3.95. The van der Waals surface area contributed by atoms with Crippen molar-refractivity contribution >= 4 is 46.4 Å². The number of unbranched alkanes of at least 4 members (excludes halogenated alkanes) is 7. The number of halogens is 3. The van der Waals surface area contributed by atoms with Gasteiger partial charge in [0.2, 0.25) is 5.91 Å². The van der Waals surface area contributed by atoms with Gasteiger partial charge in [-0.25, -0.2) is 0 Å². The maximum Gasteiger partial charge on any atom is 0.224 e. The van der Waals surface area contributed by atoms with Crippen LogP contribution in [0.4, 0.5) is 5.69 Å². The molecule has 0 saturated carbocycles. The molecule has 0 saturated heterocycles. The second kappa shape index (κ2) is 11.2. The number of hydrogen-bond donors (Lipinski definition) is 1. The smallest absolute Gasteiger partial charge is 0.224 e. The summed E-state index contributed by atoms with van der Waals surface area (Å²) >= 11 is 17.8. The highest BCUT2D eigenvalue weighted by Crippen LogP contribution is 2.32. The van der Waals surface area contributed by atoms with E-state index in [2.05, 4.69) is 12.2 Å². The monoisotopic (exact) mass is 363 g/mol. The first-order chi connectivity index (χ1) is 10.5. The molecule has 1 amide bonds. The van der Waals surface area contributed by atoms with Crippen LogP contribution in [0.3, 0.4) is 0 Å². The third-order valence-corrected chi connectivity index (χ3v) is 4.58. The summed E-state index contributed by atoms with van der Waals surface area (Å²) < 4.78 is 0. The molecular formula is C17H24Cl3NO. The molecule has 5 heteroatoms. The van der Waals surface area contributed by atoms with E-state index in [-0.39, 0.29) is 5.91 Å². The Morgan fingerprint density at radius 1 is 0.864 bits per heavy atom. The fourth-order valence-corrected chi connectivity index (χ4v) is 2.84. The second-order valence-electron chi connectivity index (χ2n) is 5.52. The first-order valence-corrected chi connectivity index (χ1v) is 9.12. The number of carbonyl (C=O) groups is 1. The maximum absolute atomic E-state index is 11.9. The molecule has 1 aromatic carbocycles. The lowest BCUT2D eigenvalue weighted by atomic mass is 10.1. The van der Waals surface area contributed by atoms with E-state index in [1.807, 2.05) is 0 Å². The van der Waals surface area contributed by atoms with E-state index in [4.69, 9.17) is 34.8 Å². The molecule has 0 bridgehead atoms. The Morgan fingerprint density at radius 3 is 2.05 bits per heavy atom. The number of benzene rings is 1. The van der Waals surface area contributed by atoms with Gasteiger partial charge in [-0.3, -0.25) is 4.79 Å². The summed E-state index contributed by atoms with van der Waals surface area (Å²) in [5.41, 5.74) is 0.514. The van der Waals surface area contributed by atoms with Gasteiger partial charge in [-0.05, 0) is 18.6 Å². The highest BCUT2D eigenvalue weighted by atomic mass is 35.5. The minimum atomic E-state index is -0.0359. The molecule has 0 atom stereocenters. The molecule has 2 nitrogen and oxygen atoms in total. The fourth-order valence-electron chi connectivity index (χ4n) is 2.25. The molecule has 0 spiro atoms. The van der Waals surface area contributed by atoms with Crippen LogP contribution in [0.15, 0.2) is 12.1 Å². The van der Waals surface area contributed by atoms with E-state index in [0.717, 1.165) is 12.8 Å². The Labute approximate surface area is 148 Å². The van der Waals surface area contributed by atoms with E-state index < -0.39 is 0 Å².